The molecule has 16 heavy (non-hydrogen) atoms. The summed E-state index contributed by atoms with van der Waals surface area (Å²) in [5, 5.41) is 1.92. The Morgan fingerprint density at radius 1 is 1.19 bits per heavy atom. The second-order valence-electron chi connectivity index (χ2n) is 3.34. The number of halogens is 1. The van der Waals surface area contributed by atoms with Crippen molar-refractivity contribution in [2.45, 2.75) is 0 Å². The largest absolute Gasteiger partial charge is 0.486 e. The minimum absolute atomic E-state index is 0.546. The van der Waals surface area contributed by atoms with E-state index in [2.05, 4.69) is 4.98 Å². The number of hydrogen-bond donors (Lipinski definition) is 0. The SMILES string of the molecule is Clc1nc(-c2ccc3c(c2)OCCO3)cs1. The smallest absolute Gasteiger partial charge is 0.184 e. The Morgan fingerprint density at radius 3 is 2.75 bits per heavy atom. The molecule has 1 aliphatic rings. The summed E-state index contributed by atoms with van der Waals surface area (Å²) in [6.45, 7) is 1.20. The molecule has 2 aromatic rings. The Labute approximate surface area is 102 Å². The van der Waals surface area contributed by atoms with Crippen LogP contribution < -0.4 is 9.47 Å². The molecule has 0 bridgehead atoms. The fraction of sp³-hybridized carbons (Fsp3) is 0.182. The molecule has 0 amide bonds. The van der Waals surface area contributed by atoms with Gasteiger partial charge >= 0.3 is 0 Å². The molecular weight excluding hydrogens is 246 g/mol. The van der Waals surface area contributed by atoms with Gasteiger partial charge in [-0.05, 0) is 18.2 Å². The normalized spacial score (nSPS) is 13.8. The molecule has 3 nitrogen and oxygen atoms in total. The molecule has 0 aliphatic carbocycles. The van der Waals surface area contributed by atoms with Crippen molar-refractivity contribution in [2.75, 3.05) is 13.2 Å². The minimum Gasteiger partial charge on any atom is -0.486 e. The van der Waals surface area contributed by atoms with E-state index in [1.807, 2.05) is 23.6 Å². The van der Waals surface area contributed by atoms with Crippen LogP contribution in [-0.2, 0) is 0 Å². The van der Waals surface area contributed by atoms with Crippen molar-refractivity contribution in [3.8, 4) is 22.8 Å². The lowest BCUT2D eigenvalue weighted by molar-refractivity contribution is 0.171. The zero-order valence-corrected chi connectivity index (χ0v) is 9.85. The van der Waals surface area contributed by atoms with E-state index >= 15 is 0 Å². The maximum absolute atomic E-state index is 5.81. The zero-order chi connectivity index (χ0) is 11.0. The van der Waals surface area contributed by atoms with Gasteiger partial charge in [0.25, 0.3) is 0 Å². The molecule has 0 unspecified atom stereocenters. The number of fused-ring (bicyclic) bond motifs is 1. The van der Waals surface area contributed by atoms with Gasteiger partial charge in [0, 0.05) is 10.9 Å². The van der Waals surface area contributed by atoms with Gasteiger partial charge < -0.3 is 9.47 Å². The second-order valence-corrected chi connectivity index (χ2v) is 4.78. The quantitative estimate of drug-likeness (QED) is 0.782. The standard InChI is InChI=1S/C11H8ClNO2S/c12-11-13-8(6-16-11)7-1-2-9-10(5-7)15-4-3-14-9/h1-2,5-6H,3-4H2. The van der Waals surface area contributed by atoms with Crippen molar-refractivity contribution in [3.63, 3.8) is 0 Å². The predicted molar refractivity (Wildman–Crippen MR) is 63.6 cm³/mol. The van der Waals surface area contributed by atoms with E-state index < -0.39 is 0 Å². The van der Waals surface area contributed by atoms with Gasteiger partial charge in [0.15, 0.2) is 16.0 Å². The Balaban J connectivity index is 2.02. The fourth-order valence-electron chi connectivity index (χ4n) is 1.59. The van der Waals surface area contributed by atoms with Crippen LogP contribution in [0, 0.1) is 0 Å². The van der Waals surface area contributed by atoms with Crippen LogP contribution in [0.25, 0.3) is 11.3 Å². The summed E-state index contributed by atoms with van der Waals surface area (Å²) in [7, 11) is 0. The molecule has 2 heterocycles. The van der Waals surface area contributed by atoms with E-state index in [-0.39, 0.29) is 0 Å². The lowest BCUT2D eigenvalue weighted by Crippen LogP contribution is -2.15. The molecule has 0 saturated heterocycles. The van der Waals surface area contributed by atoms with Crippen molar-refractivity contribution >= 4 is 22.9 Å². The first-order valence-corrected chi connectivity index (χ1v) is 6.10. The Morgan fingerprint density at radius 2 is 2.00 bits per heavy atom. The van der Waals surface area contributed by atoms with E-state index in [1.165, 1.54) is 11.3 Å². The summed E-state index contributed by atoms with van der Waals surface area (Å²) in [5.41, 5.74) is 1.86. The number of thiazole rings is 1. The molecule has 0 radical (unpaired) electrons. The summed E-state index contributed by atoms with van der Waals surface area (Å²) < 4.78 is 11.5. The first-order chi connectivity index (χ1) is 7.83. The molecule has 0 fully saturated rings. The summed E-state index contributed by atoms with van der Waals surface area (Å²) in [5.74, 6) is 1.56. The highest BCUT2D eigenvalue weighted by Gasteiger charge is 2.13. The molecule has 0 saturated carbocycles. The van der Waals surface area contributed by atoms with Crippen LogP contribution in [0.2, 0.25) is 4.47 Å². The number of aromatic nitrogens is 1. The van der Waals surface area contributed by atoms with Gasteiger partial charge in [-0.25, -0.2) is 4.98 Å². The average Bonchev–Trinajstić information content (AvgIpc) is 2.75. The monoisotopic (exact) mass is 253 g/mol. The topological polar surface area (TPSA) is 31.4 Å². The van der Waals surface area contributed by atoms with Gasteiger partial charge in [0.2, 0.25) is 0 Å². The number of hydrogen-bond acceptors (Lipinski definition) is 4. The summed E-state index contributed by atoms with van der Waals surface area (Å²) in [4.78, 5) is 4.22. The molecule has 0 N–H and O–H groups in total. The summed E-state index contributed by atoms with van der Waals surface area (Å²) in [6.07, 6.45) is 0. The number of ether oxygens (including phenoxy) is 2. The van der Waals surface area contributed by atoms with Gasteiger partial charge in [-0.15, -0.1) is 11.3 Å². The van der Waals surface area contributed by atoms with E-state index in [9.17, 15) is 0 Å². The molecule has 82 valence electrons. The zero-order valence-electron chi connectivity index (χ0n) is 8.27. The third kappa shape index (κ3) is 1.74. The van der Waals surface area contributed by atoms with Crippen LogP contribution in [0.5, 0.6) is 11.5 Å². The highest BCUT2D eigenvalue weighted by Crippen LogP contribution is 2.35. The van der Waals surface area contributed by atoms with Crippen LogP contribution in [0.3, 0.4) is 0 Å². The first kappa shape index (κ1) is 9.93. The van der Waals surface area contributed by atoms with E-state index in [1.54, 1.807) is 0 Å². The van der Waals surface area contributed by atoms with Crippen LogP contribution in [-0.4, -0.2) is 18.2 Å². The molecular formula is C11H8ClNO2S. The molecule has 1 aliphatic heterocycles. The molecule has 3 rings (SSSR count). The molecule has 5 heteroatoms. The van der Waals surface area contributed by atoms with Gasteiger partial charge in [-0.2, -0.15) is 0 Å². The predicted octanol–water partition coefficient (Wildman–Crippen LogP) is 3.23. The maximum Gasteiger partial charge on any atom is 0.184 e. The van der Waals surface area contributed by atoms with Crippen LogP contribution in [0.4, 0.5) is 0 Å². The van der Waals surface area contributed by atoms with Crippen molar-refractivity contribution in [3.05, 3.63) is 28.0 Å². The van der Waals surface area contributed by atoms with Crippen molar-refractivity contribution in [1.29, 1.82) is 0 Å². The molecule has 0 atom stereocenters. The lowest BCUT2D eigenvalue weighted by atomic mass is 10.1. The summed E-state index contributed by atoms with van der Waals surface area (Å²) >= 11 is 7.22. The molecule has 0 spiro atoms. The minimum atomic E-state index is 0.546. The second kappa shape index (κ2) is 3.96. The fourth-order valence-corrected chi connectivity index (χ4v) is 2.36. The maximum atomic E-state index is 5.81. The number of nitrogens with zero attached hydrogens (tertiary/aromatic N) is 1. The molecule has 1 aromatic carbocycles. The number of benzene rings is 1. The third-order valence-electron chi connectivity index (χ3n) is 2.31. The Kier molecular flexibility index (Phi) is 2.46. The van der Waals surface area contributed by atoms with E-state index in [0.29, 0.717) is 17.7 Å². The highest BCUT2D eigenvalue weighted by atomic mass is 35.5. The molecule has 1 aromatic heterocycles. The van der Waals surface area contributed by atoms with Gasteiger partial charge in [-0.3, -0.25) is 0 Å². The van der Waals surface area contributed by atoms with Gasteiger partial charge in [0.1, 0.15) is 13.2 Å². The van der Waals surface area contributed by atoms with Crippen molar-refractivity contribution in [2.24, 2.45) is 0 Å². The Hall–Kier alpha value is -1.26. The van der Waals surface area contributed by atoms with Gasteiger partial charge in [-0.1, -0.05) is 11.6 Å². The lowest BCUT2D eigenvalue weighted by Gasteiger charge is -2.18. The van der Waals surface area contributed by atoms with Crippen LogP contribution in [0.15, 0.2) is 23.6 Å². The van der Waals surface area contributed by atoms with Crippen LogP contribution in [0.1, 0.15) is 0 Å². The highest BCUT2D eigenvalue weighted by molar-refractivity contribution is 7.14. The summed E-state index contributed by atoms with van der Waals surface area (Å²) in [6, 6.07) is 5.79. The van der Waals surface area contributed by atoms with Crippen molar-refractivity contribution < 1.29 is 9.47 Å². The van der Waals surface area contributed by atoms with E-state index in [4.69, 9.17) is 21.1 Å². The van der Waals surface area contributed by atoms with Crippen molar-refractivity contribution in [1.82, 2.24) is 4.98 Å². The third-order valence-corrected chi connectivity index (χ3v) is 3.29. The van der Waals surface area contributed by atoms with E-state index in [0.717, 1.165) is 22.8 Å². The van der Waals surface area contributed by atoms with Gasteiger partial charge in [0.05, 0.1) is 5.69 Å². The average molecular weight is 254 g/mol. The Bertz CT molecular complexity index is 526. The van der Waals surface area contributed by atoms with Crippen LogP contribution >= 0.6 is 22.9 Å². The first-order valence-electron chi connectivity index (χ1n) is 4.84. The number of rotatable bonds is 1.